The van der Waals surface area contributed by atoms with Crippen molar-refractivity contribution >= 4 is 21.7 Å². The number of hydrogen-bond acceptors (Lipinski definition) is 3. The molecule has 106 valence electrons. The summed E-state index contributed by atoms with van der Waals surface area (Å²) in [6.45, 7) is 2.01. The highest BCUT2D eigenvalue weighted by Gasteiger charge is 2.18. The molecule has 0 amide bonds. The lowest BCUT2D eigenvalue weighted by atomic mass is 10.0. The molecule has 0 saturated carbocycles. The molecule has 5 heteroatoms. The first-order chi connectivity index (χ1) is 10.1. The van der Waals surface area contributed by atoms with Gasteiger partial charge in [-0.15, -0.1) is 0 Å². The van der Waals surface area contributed by atoms with Crippen molar-refractivity contribution in [2.45, 2.75) is 6.92 Å². The van der Waals surface area contributed by atoms with E-state index < -0.39 is 0 Å². The number of halogens is 2. The standard InChI is InChI=1S/C16H12BrFN2O/c1-9-2-4-10(5-3-9)14-15(21-20-16(14)19)11-6-7-13(18)12(17)8-11/h2-8H,1H3,(H2,19,20). The monoisotopic (exact) mass is 346 g/mol. The van der Waals surface area contributed by atoms with Gasteiger partial charge in [-0.3, -0.25) is 0 Å². The van der Waals surface area contributed by atoms with Crippen molar-refractivity contribution in [3.63, 3.8) is 0 Å². The van der Waals surface area contributed by atoms with Crippen LogP contribution in [0.25, 0.3) is 22.5 Å². The average Bonchev–Trinajstić information content (AvgIpc) is 2.85. The van der Waals surface area contributed by atoms with Gasteiger partial charge in [-0.2, -0.15) is 0 Å². The largest absolute Gasteiger partial charge is 0.380 e. The molecule has 3 nitrogen and oxygen atoms in total. The molecule has 3 rings (SSSR count). The zero-order chi connectivity index (χ0) is 15.0. The van der Waals surface area contributed by atoms with Crippen molar-refractivity contribution in [3.8, 4) is 22.5 Å². The van der Waals surface area contributed by atoms with E-state index in [9.17, 15) is 4.39 Å². The molecule has 2 aromatic carbocycles. The van der Waals surface area contributed by atoms with Crippen LogP contribution in [0.4, 0.5) is 10.2 Å². The van der Waals surface area contributed by atoms with Crippen LogP contribution in [0.2, 0.25) is 0 Å². The van der Waals surface area contributed by atoms with Gasteiger partial charge in [0.05, 0.1) is 10.0 Å². The summed E-state index contributed by atoms with van der Waals surface area (Å²) in [6, 6.07) is 12.6. The minimum atomic E-state index is -0.330. The molecule has 0 unspecified atom stereocenters. The van der Waals surface area contributed by atoms with Gasteiger partial charge in [-0.1, -0.05) is 35.0 Å². The minimum absolute atomic E-state index is 0.314. The van der Waals surface area contributed by atoms with E-state index in [0.29, 0.717) is 27.2 Å². The number of anilines is 1. The van der Waals surface area contributed by atoms with Crippen LogP contribution in [0.1, 0.15) is 5.56 Å². The van der Waals surface area contributed by atoms with E-state index in [4.69, 9.17) is 10.3 Å². The third-order valence-corrected chi connectivity index (χ3v) is 3.85. The molecular formula is C16H12BrFN2O. The number of benzene rings is 2. The van der Waals surface area contributed by atoms with Gasteiger partial charge in [0.15, 0.2) is 11.6 Å². The van der Waals surface area contributed by atoms with Gasteiger partial charge in [0.25, 0.3) is 0 Å². The van der Waals surface area contributed by atoms with E-state index in [2.05, 4.69) is 21.1 Å². The zero-order valence-corrected chi connectivity index (χ0v) is 12.8. The Kier molecular flexibility index (Phi) is 3.51. The van der Waals surface area contributed by atoms with Crippen molar-refractivity contribution in [3.05, 3.63) is 58.3 Å². The van der Waals surface area contributed by atoms with Crippen LogP contribution in [0.3, 0.4) is 0 Å². The lowest BCUT2D eigenvalue weighted by molar-refractivity contribution is 0.436. The second-order valence-electron chi connectivity index (χ2n) is 4.77. The maximum Gasteiger partial charge on any atom is 0.176 e. The average molecular weight is 347 g/mol. The second-order valence-corrected chi connectivity index (χ2v) is 5.62. The molecule has 21 heavy (non-hydrogen) atoms. The highest BCUT2D eigenvalue weighted by Crippen LogP contribution is 2.37. The lowest BCUT2D eigenvalue weighted by Crippen LogP contribution is -1.89. The molecule has 0 spiro atoms. The Morgan fingerprint density at radius 3 is 2.43 bits per heavy atom. The Balaban J connectivity index is 2.16. The topological polar surface area (TPSA) is 52.0 Å². The van der Waals surface area contributed by atoms with Gasteiger partial charge in [-0.25, -0.2) is 4.39 Å². The summed E-state index contributed by atoms with van der Waals surface area (Å²) in [4.78, 5) is 0. The van der Waals surface area contributed by atoms with Crippen molar-refractivity contribution in [1.82, 2.24) is 5.16 Å². The summed E-state index contributed by atoms with van der Waals surface area (Å²) in [6.07, 6.45) is 0. The number of nitrogens with two attached hydrogens (primary N) is 1. The smallest absolute Gasteiger partial charge is 0.176 e. The van der Waals surface area contributed by atoms with Gasteiger partial charge in [0, 0.05) is 5.56 Å². The van der Waals surface area contributed by atoms with Gasteiger partial charge in [0.2, 0.25) is 0 Å². The summed E-state index contributed by atoms with van der Waals surface area (Å²) in [5.74, 6) is 0.509. The summed E-state index contributed by atoms with van der Waals surface area (Å²) < 4.78 is 19.1. The van der Waals surface area contributed by atoms with Crippen LogP contribution in [-0.4, -0.2) is 5.16 Å². The first kappa shape index (κ1) is 13.8. The molecule has 0 bridgehead atoms. The number of aromatic nitrogens is 1. The number of hydrogen-bond donors (Lipinski definition) is 1. The van der Waals surface area contributed by atoms with E-state index in [0.717, 1.165) is 11.1 Å². The molecule has 1 heterocycles. The molecule has 0 fully saturated rings. The summed E-state index contributed by atoms with van der Waals surface area (Å²) in [7, 11) is 0. The fraction of sp³-hybridized carbons (Fsp3) is 0.0625. The predicted molar refractivity (Wildman–Crippen MR) is 84.2 cm³/mol. The van der Waals surface area contributed by atoms with E-state index in [-0.39, 0.29) is 5.82 Å². The van der Waals surface area contributed by atoms with Gasteiger partial charge < -0.3 is 10.3 Å². The highest BCUT2D eigenvalue weighted by atomic mass is 79.9. The van der Waals surface area contributed by atoms with Crippen LogP contribution >= 0.6 is 15.9 Å². The zero-order valence-electron chi connectivity index (χ0n) is 11.2. The minimum Gasteiger partial charge on any atom is -0.380 e. The Bertz CT molecular complexity index is 797. The number of aryl methyl sites for hydroxylation is 1. The van der Waals surface area contributed by atoms with Crippen molar-refractivity contribution in [2.24, 2.45) is 0 Å². The van der Waals surface area contributed by atoms with Gasteiger partial charge in [0.1, 0.15) is 5.82 Å². The van der Waals surface area contributed by atoms with E-state index in [1.54, 1.807) is 12.1 Å². The van der Waals surface area contributed by atoms with Crippen molar-refractivity contribution < 1.29 is 8.91 Å². The fourth-order valence-corrected chi connectivity index (χ4v) is 2.51. The molecule has 0 saturated heterocycles. The molecular weight excluding hydrogens is 335 g/mol. The van der Waals surface area contributed by atoms with E-state index in [1.807, 2.05) is 31.2 Å². The molecule has 2 N–H and O–H groups in total. The van der Waals surface area contributed by atoms with Crippen LogP contribution in [0.5, 0.6) is 0 Å². The molecule has 0 aliphatic heterocycles. The van der Waals surface area contributed by atoms with Crippen LogP contribution in [0, 0.1) is 12.7 Å². The number of nitrogens with zero attached hydrogens (tertiary/aromatic N) is 1. The molecule has 1 aromatic heterocycles. The third-order valence-electron chi connectivity index (χ3n) is 3.24. The summed E-state index contributed by atoms with van der Waals surface area (Å²) in [5.41, 5.74) is 9.42. The molecule has 0 atom stereocenters. The second kappa shape index (κ2) is 5.33. The Hall–Kier alpha value is -2.14. The number of nitrogen functional groups attached to an aromatic ring is 1. The fourth-order valence-electron chi connectivity index (χ4n) is 2.14. The Morgan fingerprint density at radius 2 is 1.76 bits per heavy atom. The Morgan fingerprint density at radius 1 is 1.10 bits per heavy atom. The van der Waals surface area contributed by atoms with Gasteiger partial charge in [-0.05, 0) is 46.6 Å². The van der Waals surface area contributed by atoms with Crippen LogP contribution in [0.15, 0.2) is 51.5 Å². The van der Waals surface area contributed by atoms with Crippen molar-refractivity contribution in [2.75, 3.05) is 5.73 Å². The lowest BCUT2D eigenvalue weighted by Gasteiger charge is -2.04. The summed E-state index contributed by atoms with van der Waals surface area (Å²) >= 11 is 3.17. The number of rotatable bonds is 2. The predicted octanol–water partition coefficient (Wildman–Crippen LogP) is 4.80. The van der Waals surface area contributed by atoms with Crippen LogP contribution < -0.4 is 5.73 Å². The quantitative estimate of drug-likeness (QED) is 0.724. The van der Waals surface area contributed by atoms with E-state index >= 15 is 0 Å². The van der Waals surface area contributed by atoms with Crippen LogP contribution in [-0.2, 0) is 0 Å². The maximum absolute atomic E-state index is 13.4. The maximum atomic E-state index is 13.4. The molecule has 0 aliphatic rings. The van der Waals surface area contributed by atoms with Gasteiger partial charge >= 0.3 is 0 Å². The van der Waals surface area contributed by atoms with E-state index in [1.165, 1.54) is 6.07 Å². The molecule has 3 aromatic rings. The third kappa shape index (κ3) is 2.56. The first-order valence-corrected chi connectivity index (χ1v) is 7.13. The highest BCUT2D eigenvalue weighted by molar-refractivity contribution is 9.10. The summed E-state index contributed by atoms with van der Waals surface area (Å²) in [5, 5.41) is 3.84. The molecule has 0 aliphatic carbocycles. The van der Waals surface area contributed by atoms with Crippen molar-refractivity contribution in [1.29, 1.82) is 0 Å². The first-order valence-electron chi connectivity index (χ1n) is 6.34. The molecule has 0 radical (unpaired) electrons. The Labute approximate surface area is 129 Å². The SMILES string of the molecule is Cc1ccc(-c2c(N)noc2-c2ccc(F)c(Br)c2)cc1. The normalized spacial score (nSPS) is 10.8.